The second kappa shape index (κ2) is 8.19. The Kier molecular flexibility index (Phi) is 6.01. The zero-order valence-corrected chi connectivity index (χ0v) is 14.2. The molecule has 0 fully saturated rings. The van der Waals surface area contributed by atoms with Gasteiger partial charge in [-0.15, -0.1) is 11.3 Å². The zero-order valence-electron chi connectivity index (χ0n) is 13.4. The maximum atomic E-state index is 12.6. The molecule has 1 N–H and O–H groups in total. The number of ether oxygens (including phenoxy) is 1. The molecule has 0 saturated heterocycles. The summed E-state index contributed by atoms with van der Waals surface area (Å²) in [6.45, 7) is 4.21. The molecule has 0 saturated carbocycles. The second-order valence-electron chi connectivity index (χ2n) is 4.75. The number of benzene rings is 1. The number of thiophene rings is 1. The van der Waals surface area contributed by atoms with E-state index in [4.69, 9.17) is 10.3 Å². The Morgan fingerprint density at radius 2 is 1.96 bits per heavy atom. The van der Waals surface area contributed by atoms with Gasteiger partial charge < -0.3 is 15.6 Å². The Balaban J connectivity index is 2.44. The van der Waals surface area contributed by atoms with Crippen LogP contribution in [0.15, 0.2) is 36.4 Å². The van der Waals surface area contributed by atoms with Gasteiger partial charge in [0.15, 0.2) is 0 Å². The van der Waals surface area contributed by atoms with Crippen molar-refractivity contribution in [1.29, 1.82) is 0 Å². The van der Waals surface area contributed by atoms with Crippen LogP contribution in [0.2, 0.25) is 0 Å². The molecule has 0 aliphatic carbocycles. The van der Waals surface area contributed by atoms with Crippen molar-refractivity contribution in [1.82, 2.24) is 0 Å². The van der Waals surface area contributed by atoms with Crippen LogP contribution in [0.5, 0.6) is 0 Å². The lowest BCUT2D eigenvalue weighted by Crippen LogP contribution is -2.27. The third kappa shape index (κ3) is 3.76. The zero-order chi connectivity index (χ0) is 17.5. The number of Topliss-reactive ketones (excluding diaryl/α,β-unsaturated/α-hetero) is 1. The highest BCUT2D eigenvalue weighted by Crippen LogP contribution is 2.35. The van der Waals surface area contributed by atoms with E-state index in [0.29, 0.717) is 17.1 Å². The number of nitrogens with zero attached hydrogens (tertiary/aromatic N) is 2. The summed E-state index contributed by atoms with van der Waals surface area (Å²) >= 11 is 1.23. The first-order valence-corrected chi connectivity index (χ1v) is 8.31. The molecule has 2 aromatic rings. The van der Waals surface area contributed by atoms with Gasteiger partial charge in [0.25, 0.3) is 5.78 Å². The van der Waals surface area contributed by atoms with Crippen molar-refractivity contribution in [2.45, 2.75) is 13.8 Å². The third-order valence-electron chi connectivity index (χ3n) is 3.15. The van der Waals surface area contributed by atoms with Crippen molar-refractivity contribution in [3.05, 3.63) is 46.8 Å². The highest BCUT2D eigenvalue weighted by Gasteiger charge is 2.35. The largest absolute Gasteiger partial charge is 0.457 e. The first kappa shape index (κ1) is 17.6. The molecular formula is C17H17N3O3S. The maximum absolute atomic E-state index is 12.6. The van der Waals surface area contributed by atoms with Crippen molar-refractivity contribution in [2.75, 3.05) is 18.5 Å². The van der Waals surface area contributed by atoms with Crippen LogP contribution in [0.3, 0.4) is 0 Å². The monoisotopic (exact) mass is 343 g/mol. The summed E-state index contributed by atoms with van der Waals surface area (Å²) in [6.07, 6.45) is 0. The minimum atomic E-state index is -0.942. The van der Waals surface area contributed by atoms with Crippen molar-refractivity contribution in [2.24, 2.45) is 0 Å². The Morgan fingerprint density at radius 1 is 1.25 bits per heavy atom. The number of carbonyl (C=O) groups excluding carboxylic acids is 2. The molecule has 1 aromatic heterocycles. The van der Waals surface area contributed by atoms with E-state index in [2.05, 4.69) is 10.1 Å². The van der Waals surface area contributed by atoms with E-state index >= 15 is 0 Å². The van der Waals surface area contributed by atoms with Gasteiger partial charge in [0.05, 0.1) is 12.3 Å². The lowest BCUT2D eigenvalue weighted by Gasteiger charge is -2.01. The number of anilines is 1. The van der Waals surface area contributed by atoms with E-state index in [1.165, 1.54) is 11.3 Å². The highest BCUT2D eigenvalue weighted by molar-refractivity contribution is 7.19. The van der Waals surface area contributed by atoms with E-state index in [-0.39, 0.29) is 6.61 Å². The van der Waals surface area contributed by atoms with Gasteiger partial charge in [0, 0.05) is 11.4 Å². The summed E-state index contributed by atoms with van der Waals surface area (Å²) in [5.74, 6) is -1.61. The fraction of sp³-hybridized carbons (Fsp3) is 0.235. The molecule has 1 heterocycles. The normalized spacial score (nSPS) is 9.92. The van der Waals surface area contributed by atoms with E-state index < -0.39 is 17.5 Å². The van der Waals surface area contributed by atoms with Gasteiger partial charge in [-0.2, -0.15) is 4.79 Å². The van der Waals surface area contributed by atoms with Crippen LogP contribution >= 0.6 is 11.3 Å². The van der Waals surface area contributed by atoms with Crippen LogP contribution in [0.25, 0.3) is 16.0 Å². The minimum absolute atomic E-state index is 0.0882. The Hall–Kier alpha value is -2.76. The summed E-state index contributed by atoms with van der Waals surface area (Å²) in [6, 6.07) is 11.4. The number of hydrogen-bond acceptors (Lipinski definition) is 5. The van der Waals surface area contributed by atoms with Crippen molar-refractivity contribution >= 4 is 34.5 Å². The molecule has 7 heteroatoms. The number of hydrogen-bond donors (Lipinski definition) is 1. The van der Waals surface area contributed by atoms with E-state index in [1.54, 1.807) is 6.92 Å². The standard InChI is InChI=1S/C17H17N3O3S/c1-3-19-12-10-13(11-8-6-5-7-9-11)24-16(12)15(21)14(20-18)17(22)23-4-2/h5-10,19H,3-4H2,1-2H3. The minimum Gasteiger partial charge on any atom is -0.457 e. The molecule has 6 nitrogen and oxygen atoms in total. The highest BCUT2D eigenvalue weighted by atomic mass is 32.1. The lowest BCUT2D eigenvalue weighted by atomic mass is 10.1. The molecule has 0 atom stereocenters. The van der Waals surface area contributed by atoms with Gasteiger partial charge in [-0.25, -0.2) is 4.79 Å². The molecular weight excluding hydrogens is 326 g/mol. The van der Waals surface area contributed by atoms with Gasteiger partial charge in [-0.1, -0.05) is 30.3 Å². The van der Waals surface area contributed by atoms with Gasteiger partial charge >= 0.3 is 11.7 Å². The molecule has 0 amide bonds. The van der Waals surface area contributed by atoms with Crippen LogP contribution in [0.1, 0.15) is 23.5 Å². The SMILES string of the molecule is CCNc1cc(-c2ccccc2)sc1C(=O)C(=[N+]=[N-])C(=O)OCC. The van der Waals surface area contributed by atoms with Crippen molar-refractivity contribution in [3.8, 4) is 10.4 Å². The number of rotatable bonds is 7. The smallest absolute Gasteiger partial charge is 0.447 e. The molecule has 0 radical (unpaired) electrons. The topological polar surface area (TPSA) is 91.8 Å². The molecule has 0 bridgehead atoms. The Labute approximate surface area is 143 Å². The first-order valence-electron chi connectivity index (χ1n) is 7.49. The van der Waals surface area contributed by atoms with Gasteiger partial charge in [0.1, 0.15) is 4.88 Å². The van der Waals surface area contributed by atoms with Crippen molar-refractivity contribution in [3.63, 3.8) is 0 Å². The summed E-state index contributed by atoms with van der Waals surface area (Å²) in [5.41, 5.74) is 9.97. The number of ketones is 1. The first-order chi connectivity index (χ1) is 11.6. The molecule has 124 valence electrons. The van der Waals surface area contributed by atoms with E-state index in [9.17, 15) is 9.59 Å². The molecule has 24 heavy (non-hydrogen) atoms. The Bertz CT molecular complexity index is 793. The fourth-order valence-electron chi connectivity index (χ4n) is 2.11. The van der Waals surface area contributed by atoms with Gasteiger partial charge in [-0.05, 0) is 25.5 Å². The summed E-state index contributed by atoms with van der Waals surface area (Å²) in [5, 5.41) is 3.10. The summed E-state index contributed by atoms with van der Waals surface area (Å²) in [7, 11) is 0. The van der Waals surface area contributed by atoms with Gasteiger partial charge in [0.2, 0.25) is 0 Å². The van der Waals surface area contributed by atoms with Crippen LogP contribution in [-0.2, 0) is 9.53 Å². The quantitative estimate of drug-likeness (QED) is 0.209. The van der Waals surface area contributed by atoms with Crippen molar-refractivity contribution < 1.29 is 19.1 Å². The van der Waals surface area contributed by atoms with Crippen LogP contribution in [0, 0.1) is 0 Å². The predicted octanol–water partition coefficient (Wildman–Crippen LogP) is 3.26. The van der Waals surface area contributed by atoms with Gasteiger partial charge in [-0.3, -0.25) is 4.79 Å². The number of carbonyl (C=O) groups is 2. The van der Waals surface area contributed by atoms with E-state index in [1.807, 2.05) is 43.3 Å². The second-order valence-corrected chi connectivity index (χ2v) is 5.80. The number of nitrogens with one attached hydrogen (secondary N) is 1. The predicted molar refractivity (Wildman–Crippen MR) is 93.5 cm³/mol. The van der Waals surface area contributed by atoms with Crippen LogP contribution < -0.4 is 5.32 Å². The van der Waals surface area contributed by atoms with E-state index in [0.717, 1.165) is 10.4 Å². The number of esters is 1. The molecule has 1 aromatic carbocycles. The third-order valence-corrected chi connectivity index (χ3v) is 4.33. The molecule has 0 aliphatic rings. The lowest BCUT2D eigenvalue weighted by molar-refractivity contribution is -0.139. The summed E-state index contributed by atoms with van der Waals surface area (Å²) in [4.78, 5) is 28.4. The Morgan fingerprint density at radius 3 is 2.54 bits per heavy atom. The maximum Gasteiger partial charge on any atom is 0.447 e. The fourth-order valence-corrected chi connectivity index (χ4v) is 3.19. The molecule has 2 rings (SSSR count). The molecule has 0 unspecified atom stereocenters. The van der Waals surface area contributed by atoms with Crippen LogP contribution in [-0.4, -0.2) is 35.4 Å². The average molecular weight is 343 g/mol. The molecule has 0 aliphatic heterocycles. The average Bonchev–Trinajstić information content (AvgIpc) is 3.01. The summed E-state index contributed by atoms with van der Waals surface area (Å²) < 4.78 is 4.76. The van der Waals surface area contributed by atoms with Crippen LogP contribution in [0.4, 0.5) is 5.69 Å². The molecule has 0 spiro atoms.